The van der Waals surface area contributed by atoms with E-state index in [4.69, 9.17) is 27.2 Å². The summed E-state index contributed by atoms with van der Waals surface area (Å²) in [5, 5.41) is 25.3. The highest BCUT2D eigenvalue weighted by molar-refractivity contribution is 6.31. The van der Waals surface area contributed by atoms with Crippen LogP contribution in [0.25, 0.3) is 17.1 Å². The van der Waals surface area contributed by atoms with Crippen LogP contribution in [0.4, 0.5) is 0 Å². The average Bonchev–Trinajstić information content (AvgIpc) is 2.81. The van der Waals surface area contributed by atoms with Crippen molar-refractivity contribution in [2.75, 3.05) is 6.61 Å². The van der Waals surface area contributed by atoms with Gasteiger partial charge in [-0.15, -0.1) is 0 Å². The minimum atomic E-state index is -1.22. The van der Waals surface area contributed by atoms with Crippen LogP contribution in [-0.4, -0.2) is 43.2 Å². The van der Waals surface area contributed by atoms with Crippen LogP contribution in [0, 0.1) is 24.7 Å². The molecule has 3 N–H and O–H groups in total. The molecule has 0 saturated heterocycles. The number of nitrogens with zero attached hydrogens (tertiary/aromatic N) is 4. The van der Waals surface area contributed by atoms with Crippen molar-refractivity contribution in [3.8, 4) is 22.8 Å². The number of halogens is 1. The van der Waals surface area contributed by atoms with Gasteiger partial charge in [-0.1, -0.05) is 11.6 Å². The van der Waals surface area contributed by atoms with Crippen LogP contribution in [0.1, 0.15) is 37.9 Å². The van der Waals surface area contributed by atoms with E-state index in [0.29, 0.717) is 28.3 Å². The first kappa shape index (κ1) is 25.9. The lowest BCUT2D eigenvalue weighted by molar-refractivity contribution is 0.0688. The summed E-state index contributed by atoms with van der Waals surface area (Å²) in [6, 6.07) is 5.05. The summed E-state index contributed by atoms with van der Waals surface area (Å²) in [5.41, 5.74) is 1.97. The van der Waals surface area contributed by atoms with E-state index in [-0.39, 0.29) is 28.9 Å². The molecule has 0 aliphatic heterocycles. The second-order valence-electron chi connectivity index (χ2n) is 8.63. The van der Waals surface area contributed by atoms with Crippen molar-refractivity contribution in [3.05, 3.63) is 74.7 Å². The molecule has 0 saturated carbocycles. The Morgan fingerprint density at radius 2 is 1.97 bits per heavy atom. The fourth-order valence-corrected chi connectivity index (χ4v) is 3.48. The molecule has 9 nitrogen and oxygen atoms in total. The number of rotatable bonds is 8. The minimum Gasteiger partial charge on any atom is -0.485 e. The van der Waals surface area contributed by atoms with Gasteiger partial charge in [0.2, 0.25) is 0 Å². The maximum Gasteiger partial charge on any atom is 0.277 e. The Hall–Kier alpha value is -3.69. The van der Waals surface area contributed by atoms with E-state index in [9.17, 15) is 9.90 Å². The summed E-state index contributed by atoms with van der Waals surface area (Å²) in [6.07, 6.45) is 5.84. The van der Waals surface area contributed by atoms with Gasteiger partial charge in [0.1, 0.15) is 23.0 Å². The molecule has 3 aromatic rings. The molecular formula is C25H27ClN6O3. The Morgan fingerprint density at radius 1 is 1.26 bits per heavy atom. The van der Waals surface area contributed by atoms with E-state index in [1.54, 1.807) is 58.3 Å². The van der Waals surface area contributed by atoms with Crippen LogP contribution in [0.3, 0.4) is 0 Å². The van der Waals surface area contributed by atoms with Crippen LogP contribution < -0.4 is 10.3 Å². The second kappa shape index (κ2) is 10.3. The van der Waals surface area contributed by atoms with E-state index in [0.717, 1.165) is 11.8 Å². The zero-order valence-corrected chi connectivity index (χ0v) is 20.9. The predicted octanol–water partition coefficient (Wildman–Crippen LogP) is 4.18. The van der Waals surface area contributed by atoms with Gasteiger partial charge in [-0.2, -0.15) is 0 Å². The molecule has 0 aromatic carbocycles. The van der Waals surface area contributed by atoms with E-state index in [1.807, 2.05) is 6.92 Å². The first-order valence-corrected chi connectivity index (χ1v) is 11.1. The summed E-state index contributed by atoms with van der Waals surface area (Å²) >= 11 is 6.37. The third kappa shape index (κ3) is 5.87. The lowest BCUT2D eigenvalue weighted by Gasteiger charge is -2.17. The largest absolute Gasteiger partial charge is 0.485 e. The average molecular weight is 495 g/mol. The number of pyridine rings is 2. The smallest absolute Gasteiger partial charge is 0.277 e. The van der Waals surface area contributed by atoms with Gasteiger partial charge >= 0.3 is 0 Å². The fourth-order valence-electron chi connectivity index (χ4n) is 3.29. The lowest BCUT2D eigenvalue weighted by atomic mass is 10.1. The van der Waals surface area contributed by atoms with Crippen molar-refractivity contribution < 1.29 is 9.84 Å². The molecule has 0 unspecified atom stereocenters. The molecule has 0 atom stereocenters. The Bertz CT molecular complexity index is 1390. The summed E-state index contributed by atoms with van der Waals surface area (Å²) in [7, 11) is 0. The Balaban J connectivity index is 2.02. The summed E-state index contributed by atoms with van der Waals surface area (Å²) in [6.45, 7) is 8.40. The van der Waals surface area contributed by atoms with E-state index < -0.39 is 11.2 Å². The van der Waals surface area contributed by atoms with Crippen LogP contribution in [0.2, 0.25) is 5.02 Å². The minimum absolute atomic E-state index is 0.0938. The molecule has 0 aliphatic carbocycles. The highest BCUT2D eigenvalue weighted by Crippen LogP contribution is 2.27. The van der Waals surface area contributed by atoms with Gasteiger partial charge in [-0.3, -0.25) is 14.3 Å². The van der Waals surface area contributed by atoms with Gasteiger partial charge in [0.05, 0.1) is 22.8 Å². The number of aryl methyl sites for hydroxylation is 2. The van der Waals surface area contributed by atoms with Crippen LogP contribution in [-0.2, 0) is 5.60 Å². The molecule has 10 heteroatoms. The van der Waals surface area contributed by atoms with Gasteiger partial charge in [0.25, 0.3) is 5.56 Å². The van der Waals surface area contributed by atoms with Gasteiger partial charge in [0.15, 0.2) is 5.82 Å². The molecular weight excluding hydrogens is 468 g/mol. The van der Waals surface area contributed by atoms with Crippen molar-refractivity contribution in [2.24, 2.45) is 0 Å². The number of hydrogen-bond donors (Lipinski definition) is 3. The Kier molecular flexibility index (Phi) is 7.62. The third-order valence-electron chi connectivity index (χ3n) is 5.09. The van der Waals surface area contributed by atoms with Crippen LogP contribution in [0.5, 0.6) is 5.75 Å². The molecule has 0 bridgehead atoms. The topological polar surface area (TPSA) is 138 Å². The number of aliphatic hydroxyl groups is 1. The predicted molar refractivity (Wildman–Crippen MR) is 136 cm³/mol. The zero-order chi connectivity index (χ0) is 25.9. The number of hydrogen-bond acceptors (Lipinski definition) is 8. The molecule has 3 heterocycles. The van der Waals surface area contributed by atoms with Gasteiger partial charge in [-0.25, -0.2) is 9.97 Å². The Labute approximate surface area is 208 Å². The fraction of sp³-hybridized carbons (Fsp3) is 0.280. The zero-order valence-electron chi connectivity index (χ0n) is 20.2. The molecule has 0 aliphatic rings. The van der Waals surface area contributed by atoms with Crippen LogP contribution in [0.15, 0.2) is 47.0 Å². The van der Waals surface area contributed by atoms with E-state index in [2.05, 4.69) is 15.0 Å². The summed E-state index contributed by atoms with van der Waals surface area (Å²) < 4.78 is 7.09. The quantitative estimate of drug-likeness (QED) is 0.401. The standard InChI is InChI=1S/C25H27ClN6O3/c1-14(11-27)8-17(28)13-35-21-9-16(3)32(23(33)22(21)26)20-10-19(30-12-15(20)2)18-6-7-29-24(31-18)25(4,5)34/h6-12,27-28,34H,13H2,1-5H3/b14-8-,27-11?,28-17?. The van der Waals surface area contributed by atoms with Crippen molar-refractivity contribution in [3.63, 3.8) is 0 Å². The van der Waals surface area contributed by atoms with Crippen molar-refractivity contribution >= 4 is 23.5 Å². The SMILES string of the molecule is C/C(C=N)=C/C(=N)COc1cc(C)n(-c2cc(-c3ccnc(C(C)(C)O)n3)ncc2C)c(=O)c1Cl. The van der Waals surface area contributed by atoms with E-state index in [1.165, 1.54) is 10.6 Å². The monoisotopic (exact) mass is 494 g/mol. The highest BCUT2D eigenvalue weighted by Gasteiger charge is 2.21. The number of ether oxygens (including phenoxy) is 1. The molecule has 3 aromatic heterocycles. The maximum absolute atomic E-state index is 13.2. The normalized spacial score (nSPS) is 11.9. The number of aromatic nitrogens is 4. The molecule has 35 heavy (non-hydrogen) atoms. The first-order chi connectivity index (χ1) is 16.4. The number of allylic oxidation sites excluding steroid dienone is 1. The van der Waals surface area contributed by atoms with Crippen molar-refractivity contribution in [1.82, 2.24) is 19.5 Å². The van der Waals surface area contributed by atoms with Crippen molar-refractivity contribution in [1.29, 1.82) is 10.8 Å². The third-order valence-corrected chi connectivity index (χ3v) is 5.44. The Morgan fingerprint density at radius 3 is 2.63 bits per heavy atom. The number of nitrogens with one attached hydrogen (secondary N) is 2. The van der Waals surface area contributed by atoms with Gasteiger partial charge < -0.3 is 20.7 Å². The summed E-state index contributed by atoms with van der Waals surface area (Å²) in [5.74, 6) is 0.432. The van der Waals surface area contributed by atoms with Crippen LogP contribution >= 0.6 is 11.6 Å². The van der Waals surface area contributed by atoms with E-state index >= 15 is 0 Å². The molecule has 3 rings (SSSR count). The molecule has 182 valence electrons. The summed E-state index contributed by atoms with van der Waals surface area (Å²) in [4.78, 5) is 26.2. The molecule has 0 spiro atoms. The van der Waals surface area contributed by atoms with Gasteiger partial charge in [-0.05, 0) is 64.0 Å². The lowest BCUT2D eigenvalue weighted by Crippen LogP contribution is -2.23. The molecule has 0 fully saturated rings. The first-order valence-electron chi connectivity index (χ1n) is 10.8. The second-order valence-corrected chi connectivity index (χ2v) is 9.01. The molecule has 0 amide bonds. The maximum atomic E-state index is 13.2. The van der Waals surface area contributed by atoms with Crippen molar-refractivity contribution in [2.45, 2.75) is 40.2 Å². The van der Waals surface area contributed by atoms with Gasteiger partial charge in [0, 0.05) is 30.4 Å². The highest BCUT2D eigenvalue weighted by atomic mass is 35.5. The molecule has 0 radical (unpaired) electrons.